The number of likely N-dealkylation sites (tertiary alicyclic amines) is 1. The summed E-state index contributed by atoms with van der Waals surface area (Å²) in [4.78, 5) is 14.7. The molecular formula is C21H24ClNO3. The maximum absolute atomic E-state index is 12.8. The predicted molar refractivity (Wildman–Crippen MR) is 103 cm³/mol. The molecule has 138 valence electrons. The van der Waals surface area contributed by atoms with Crippen molar-refractivity contribution in [1.29, 1.82) is 0 Å². The minimum Gasteiger partial charge on any atom is -0.497 e. The SMILES string of the molecule is COc1ccc([C@H]2CCCN2C(=O)COc2c(C)cc(Cl)cc2C)cc1. The number of hydrogen-bond acceptors (Lipinski definition) is 3. The van der Waals surface area contributed by atoms with Gasteiger partial charge in [0, 0.05) is 11.6 Å². The van der Waals surface area contributed by atoms with Gasteiger partial charge >= 0.3 is 0 Å². The highest BCUT2D eigenvalue weighted by Crippen LogP contribution is 2.33. The van der Waals surface area contributed by atoms with E-state index >= 15 is 0 Å². The minimum absolute atomic E-state index is 0.0112. The van der Waals surface area contributed by atoms with Crippen molar-refractivity contribution in [1.82, 2.24) is 4.90 Å². The molecule has 4 nitrogen and oxygen atoms in total. The van der Waals surface area contributed by atoms with E-state index in [1.54, 1.807) is 7.11 Å². The molecule has 2 aromatic carbocycles. The fourth-order valence-electron chi connectivity index (χ4n) is 3.58. The lowest BCUT2D eigenvalue weighted by molar-refractivity contribution is -0.134. The molecular weight excluding hydrogens is 350 g/mol. The number of amides is 1. The lowest BCUT2D eigenvalue weighted by Gasteiger charge is -2.25. The van der Waals surface area contributed by atoms with E-state index in [0.717, 1.165) is 47.6 Å². The molecule has 1 fully saturated rings. The number of benzene rings is 2. The summed E-state index contributed by atoms with van der Waals surface area (Å²) in [7, 11) is 1.65. The van der Waals surface area contributed by atoms with E-state index in [9.17, 15) is 4.79 Å². The normalized spacial score (nSPS) is 16.6. The van der Waals surface area contributed by atoms with Crippen LogP contribution in [0.4, 0.5) is 0 Å². The first-order valence-corrected chi connectivity index (χ1v) is 9.20. The van der Waals surface area contributed by atoms with Gasteiger partial charge < -0.3 is 14.4 Å². The van der Waals surface area contributed by atoms with Crippen molar-refractivity contribution < 1.29 is 14.3 Å². The van der Waals surface area contributed by atoms with Crippen molar-refractivity contribution in [2.24, 2.45) is 0 Å². The predicted octanol–water partition coefficient (Wildman–Crippen LogP) is 4.71. The van der Waals surface area contributed by atoms with Gasteiger partial charge in [0.15, 0.2) is 6.61 Å². The molecule has 0 spiro atoms. The van der Waals surface area contributed by atoms with Crippen LogP contribution in [0.5, 0.6) is 11.5 Å². The van der Waals surface area contributed by atoms with Crippen LogP contribution in [0.3, 0.4) is 0 Å². The Morgan fingerprint density at radius 3 is 2.46 bits per heavy atom. The molecule has 2 aromatic rings. The van der Waals surface area contributed by atoms with Crippen molar-refractivity contribution in [3.63, 3.8) is 0 Å². The van der Waals surface area contributed by atoms with Crippen LogP contribution in [-0.2, 0) is 4.79 Å². The summed E-state index contributed by atoms with van der Waals surface area (Å²) in [5.74, 6) is 1.57. The molecule has 0 unspecified atom stereocenters. The van der Waals surface area contributed by atoms with Gasteiger partial charge in [-0.2, -0.15) is 0 Å². The van der Waals surface area contributed by atoms with Crippen LogP contribution in [0, 0.1) is 13.8 Å². The summed E-state index contributed by atoms with van der Waals surface area (Å²) < 4.78 is 11.1. The quantitative estimate of drug-likeness (QED) is 0.762. The fourth-order valence-corrected chi connectivity index (χ4v) is 3.91. The number of rotatable bonds is 5. The monoisotopic (exact) mass is 373 g/mol. The number of nitrogens with zero attached hydrogens (tertiary/aromatic N) is 1. The van der Waals surface area contributed by atoms with E-state index < -0.39 is 0 Å². The van der Waals surface area contributed by atoms with Gasteiger partial charge in [-0.15, -0.1) is 0 Å². The first-order chi connectivity index (χ1) is 12.5. The van der Waals surface area contributed by atoms with E-state index in [-0.39, 0.29) is 18.6 Å². The van der Waals surface area contributed by atoms with Crippen LogP contribution < -0.4 is 9.47 Å². The van der Waals surface area contributed by atoms with Crippen LogP contribution in [0.15, 0.2) is 36.4 Å². The lowest BCUT2D eigenvalue weighted by Crippen LogP contribution is -2.34. The zero-order valence-electron chi connectivity index (χ0n) is 15.4. The molecule has 0 saturated carbocycles. The third-order valence-electron chi connectivity index (χ3n) is 4.84. The molecule has 1 atom stereocenters. The smallest absolute Gasteiger partial charge is 0.261 e. The Hall–Kier alpha value is -2.20. The lowest BCUT2D eigenvalue weighted by atomic mass is 10.0. The third-order valence-corrected chi connectivity index (χ3v) is 5.06. The second-order valence-electron chi connectivity index (χ2n) is 6.68. The second kappa shape index (κ2) is 8.00. The number of halogens is 1. The van der Waals surface area contributed by atoms with Crippen LogP contribution in [0.2, 0.25) is 5.02 Å². The standard InChI is InChI=1S/C21H24ClNO3/c1-14-11-17(22)12-15(2)21(14)26-13-20(24)23-10-4-5-19(23)16-6-8-18(25-3)9-7-16/h6-9,11-12,19H,4-5,10,13H2,1-3H3/t19-/m1/s1. The second-order valence-corrected chi connectivity index (χ2v) is 7.11. The molecule has 1 saturated heterocycles. The first kappa shape index (κ1) is 18.6. The summed E-state index contributed by atoms with van der Waals surface area (Å²) in [6.45, 7) is 4.68. The van der Waals surface area contributed by atoms with Crippen molar-refractivity contribution in [3.8, 4) is 11.5 Å². The molecule has 0 radical (unpaired) electrons. The molecule has 0 aromatic heterocycles. The Kier molecular flexibility index (Phi) is 5.72. The number of carbonyl (C=O) groups is 1. The minimum atomic E-state index is 0.0112. The molecule has 1 aliphatic heterocycles. The summed E-state index contributed by atoms with van der Waals surface area (Å²) in [5.41, 5.74) is 3.02. The van der Waals surface area contributed by atoms with Crippen LogP contribution in [0.1, 0.15) is 35.6 Å². The number of aryl methyl sites for hydroxylation is 2. The summed E-state index contributed by atoms with van der Waals surface area (Å²) in [6.07, 6.45) is 1.97. The van der Waals surface area contributed by atoms with Gasteiger partial charge in [0.2, 0.25) is 0 Å². The van der Waals surface area contributed by atoms with Gasteiger partial charge in [0.1, 0.15) is 11.5 Å². The molecule has 0 aliphatic carbocycles. The zero-order valence-corrected chi connectivity index (χ0v) is 16.2. The molecule has 0 bridgehead atoms. The van der Waals surface area contributed by atoms with Crippen LogP contribution >= 0.6 is 11.6 Å². The zero-order chi connectivity index (χ0) is 18.7. The summed E-state index contributed by atoms with van der Waals surface area (Å²) >= 11 is 6.06. The highest BCUT2D eigenvalue weighted by atomic mass is 35.5. The molecule has 1 heterocycles. The Labute approximate surface area is 159 Å². The highest BCUT2D eigenvalue weighted by molar-refractivity contribution is 6.30. The van der Waals surface area contributed by atoms with Crippen molar-refractivity contribution in [2.75, 3.05) is 20.3 Å². The van der Waals surface area contributed by atoms with E-state index in [1.807, 2.05) is 55.1 Å². The Morgan fingerprint density at radius 1 is 1.19 bits per heavy atom. The molecule has 0 N–H and O–H groups in total. The molecule has 3 rings (SSSR count). The van der Waals surface area contributed by atoms with Gasteiger partial charge in [-0.3, -0.25) is 4.79 Å². The van der Waals surface area contributed by atoms with E-state index in [2.05, 4.69) is 0 Å². The topological polar surface area (TPSA) is 38.8 Å². The fraction of sp³-hybridized carbons (Fsp3) is 0.381. The molecule has 1 aliphatic rings. The van der Waals surface area contributed by atoms with Crippen LogP contribution in [0.25, 0.3) is 0 Å². The van der Waals surface area contributed by atoms with E-state index in [0.29, 0.717) is 5.02 Å². The van der Waals surface area contributed by atoms with Gasteiger partial charge in [0.05, 0.1) is 13.2 Å². The van der Waals surface area contributed by atoms with Crippen molar-refractivity contribution in [2.45, 2.75) is 32.7 Å². The first-order valence-electron chi connectivity index (χ1n) is 8.82. The Balaban J connectivity index is 1.68. The average molecular weight is 374 g/mol. The van der Waals surface area contributed by atoms with E-state index in [1.165, 1.54) is 0 Å². The number of carbonyl (C=O) groups excluding carboxylic acids is 1. The van der Waals surface area contributed by atoms with Crippen molar-refractivity contribution in [3.05, 3.63) is 58.1 Å². The molecule has 1 amide bonds. The average Bonchev–Trinajstić information content (AvgIpc) is 3.10. The highest BCUT2D eigenvalue weighted by Gasteiger charge is 2.30. The maximum Gasteiger partial charge on any atom is 0.261 e. The van der Waals surface area contributed by atoms with Gasteiger partial charge in [0.25, 0.3) is 5.91 Å². The van der Waals surface area contributed by atoms with Crippen molar-refractivity contribution >= 4 is 17.5 Å². The Morgan fingerprint density at radius 2 is 1.85 bits per heavy atom. The van der Waals surface area contributed by atoms with E-state index in [4.69, 9.17) is 21.1 Å². The van der Waals surface area contributed by atoms with Gasteiger partial charge in [-0.25, -0.2) is 0 Å². The largest absolute Gasteiger partial charge is 0.497 e. The van der Waals surface area contributed by atoms with Crippen LogP contribution in [-0.4, -0.2) is 31.1 Å². The van der Waals surface area contributed by atoms with Gasteiger partial charge in [-0.1, -0.05) is 23.7 Å². The summed E-state index contributed by atoms with van der Waals surface area (Å²) in [5, 5.41) is 0.679. The number of ether oxygens (including phenoxy) is 2. The number of methoxy groups -OCH3 is 1. The third kappa shape index (κ3) is 3.96. The number of hydrogen-bond donors (Lipinski definition) is 0. The maximum atomic E-state index is 12.8. The Bertz CT molecular complexity index is 765. The van der Waals surface area contributed by atoms with Gasteiger partial charge in [-0.05, 0) is 67.6 Å². The molecule has 5 heteroatoms. The summed E-state index contributed by atoms with van der Waals surface area (Å²) in [6, 6.07) is 11.7. The molecule has 26 heavy (non-hydrogen) atoms.